The van der Waals surface area contributed by atoms with Crippen LogP contribution in [0, 0.1) is 11.8 Å². The normalized spacial score (nSPS) is 30.5. The molecule has 2 heteroatoms. The van der Waals surface area contributed by atoms with Crippen LogP contribution in [-0.4, -0.2) is 18.3 Å². The Hall–Kier alpha value is -0.0800. The van der Waals surface area contributed by atoms with Gasteiger partial charge >= 0.3 is 0 Å². The summed E-state index contributed by atoms with van der Waals surface area (Å²) in [7, 11) is 0. The average Bonchev–Trinajstić information content (AvgIpc) is 2.15. The molecule has 72 valence electrons. The summed E-state index contributed by atoms with van der Waals surface area (Å²) >= 11 is 0. The van der Waals surface area contributed by atoms with Crippen LogP contribution >= 0.6 is 0 Å². The lowest BCUT2D eigenvalue weighted by atomic mass is 9.80. The van der Waals surface area contributed by atoms with Gasteiger partial charge in [0.2, 0.25) is 0 Å². The van der Waals surface area contributed by atoms with Gasteiger partial charge in [-0.15, -0.1) is 0 Å². The number of hydrogen-bond acceptors (Lipinski definition) is 2. The third-order valence-corrected chi connectivity index (χ3v) is 3.07. The highest BCUT2D eigenvalue weighted by Crippen LogP contribution is 2.30. The van der Waals surface area contributed by atoms with E-state index < -0.39 is 0 Å². The quantitative estimate of drug-likeness (QED) is 0.673. The van der Waals surface area contributed by atoms with Crippen molar-refractivity contribution in [3.63, 3.8) is 0 Å². The molecule has 0 aromatic rings. The molecule has 0 heterocycles. The predicted molar refractivity (Wildman–Crippen MR) is 50.8 cm³/mol. The minimum Gasteiger partial charge on any atom is -0.396 e. The fourth-order valence-electron chi connectivity index (χ4n) is 2.14. The van der Waals surface area contributed by atoms with Gasteiger partial charge in [0.05, 0.1) is 0 Å². The summed E-state index contributed by atoms with van der Waals surface area (Å²) in [6.07, 6.45) is 7.49. The first kappa shape index (κ1) is 10.0. The smallest absolute Gasteiger partial charge is 0.0431 e. The molecule has 0 aromatic carbocycles. The molecule has 1 aliphatic carbocycles. The van der Waals surface area contributed by atoms with Crippen molar-refractivity contribution >= 4 is 0 Å². The second-order valence-corrected chi connectivity index (χ2v) is 3.99. The predicted octanol–water partition coefficient (Wildman–Crippen LogP) is 1.52. The van der Waals surface area contributed by atoms with E-state index in [1.165, 1.54) is 32.1 Å². The summed E-state index contributed by atoms with van der Waals surface area (Å²) in [6, 6.07) is 0. The fraction of sp³-hybridized carbons (Fsp3) is 1.00. The van der Waals surface area contributed by atoms with Crippen molar-refractivity contribution < 1.29 is 5.11 Å². The van der Waals surface area contributed by atoms with Crippen LogP contribution in [0.4, 0.5) is 0 Å². The van der Waals surface area contributed by atoms with E-state index in [0.717, 1.165) is 24.8 Å². The molecule has 0 spiro atoms. The van der Waals surface area contributed by atoms with E-state index in [0.29, 0.717) is 6.61 Å². The van der Waals surface area contributed by atoms with Gasteiger partial charge in [0.25, 0.3) is 0 Å². The molecule has 1 fully saturated rings. The summed E-state index contributed by atoms with van der Waals surface area (Å²) in [4.78, 5) is 0. The van der Waals surface area contributed by atoms with E-state index in [-0.39, 0.29) is 0 Å². The van der Waals surface area contributed by atoms with Gasteiger partial charge in [-0.1, -0.05) is 12.8 Å². The van der Waals surface area contributed by atoms with Crippen molar-refractivity contribution in [1.82, 2.24) is 0 Å². The van der Waals surface area contributed by atoms with Gasteiger partial charge in [-0.05, 0) is 44.1 Å². The Kier molecular flexibility index (Phi) is 4.62. The summed E-state index contributed by atoms with van der Waals surface area (Å²) in [5.41, 5.74) is 5.61. The molecule has 0 unspecified atom stereocenters. The Bertz CT molecular complexity index is 108. The molecule has 0 saturated heterocycles. The lowest BCUT2D eigenvalue weighted by Gasteiger charge is -2.27. The Morgan fingerprint density at radius 1 is 1.08 bits per heavy atom. The van der Waals surface area contributed by atoms with Crippen molar-refractivity contribution in [1.29, 1.82) is 0 Å². The highest BCUT2D eigenvalue weighted by atomic mass is 16.2. The van der Waals surface area contributed by atoms with E-state index in [1.54, 1.807) is 0 Å². The zero-order valence-electron chi connectivity index (χ0n) is 7.84. The lowest BCUT2D eigenvalue weighted by Crippen LogP contribution is -2.21. The SMILES string of the molecule is NCC1CCC(CCCO)CC1. The maximum atomic E-state index is 8.68. The molecule has 0 atom stereocenters. The molecule has 2 nitrogen and oxygen atoms in total. The van der Waals surface area contributed by atoms with Crippen molar-refractivity contribution in [2.24, 2.45) is 17.6 Å². The van der Waals surface area contributed by atoms with Gasteiger partial charge in [0.1, 0.15) is 0 Å². The molecule has 12 heavy (non-hydrogen) atoms. The van der Waals surface area contributed by atoms with Gasteiger partial charge in [-0.3, -0.25) is 0 Å². The number of aliphatic hydroxyl groups excluding tert-OH is 1. The molecule has 0 aliphatic heterocycles. The van der Waals surface area contributed by atoms with Crippen LogP contribution in [-0.2, 0) is 0 Å². The second kappa shape index (κ2) is 5.55. The van der Waals surface area contributed by atoms with Gasteiger partial charge < -0.3 is 10.8 Å². The van der Waals surface area contributed by atoms with Crippen LogP contribution in [0.2, 0.25) is 0 Å². The van der Waals surface area contributed by atoms with Crippen LogP contribution in [0.5, 0.6) is 0 Å². The number of nitrogens with two attached hydrogens (primary N) is 1. The highest BCUT2D eigenvalue weighted by Gasteiger charge is 2.19. The van der Waals surface area contributed by atoms with E-state index in [1.807, 2.05) is 0 Å². The lowest BCUT2D eigenvalue weighted by molar-refractivity contribution is 0.231. The Morgan fingerprint density at radius 3 is 2.17 bits per heavy atom. The molecule has 0 radical (unpaired) electrons. The average molecular weight is 171 g/mol. The third-order valence-electron chi connectivity index (χ3n) is 3.07. The second-order valence-electron chi connectivity index (χ2n) is 3.99. The highest BCUT2D eigenvalue weighted by molar-refractivity contribution is 4.72. The molecule has 0 aromatic heterocycles. The molecule has 3 N–H and O–H groups in total. The maximum Gasteiger partial charge on any atom is 0.0431 e. The topological polar surface area (TPSA) is 46.2 Å². The van der Waals surface area contributed by atoms with E-state index >= 15 is 0 Å². The van der Waals surface area contributed by atoms with Crippen molar-refractivity contribution in [2.45, 2.75) is 38.5 Å². The standard InChI is InChI=1S/C10H21NO/c11-8-10-5-3-9(4-6-10)2-1-7-12/h9-10,12H,1-8,11H2. The van der Waals surface area contributed by atoms with E-state index in [2.05, 4.69) is 0 Å². The molecule has 1 saturated carbocycles. The number of rotatable bonds is 4. The first-order valence-electron chi connectivity index (χ1n) is 5.17. The summed E-state index contributed by atoms with van der Waals surface area (Å²) in [5, 5.41) is 8.68. The molecule has 0 bridgehead atoms. The van der Waals surface area contributed by atoms with Gasteiger partial charge in [-0.25, -0.2) is 0 Å². The summed E-state index contributed by atoms with van der Waals surface area (Å²) in [5.74, 6) is 1.66. The largest absolute Gasteiger partial charge is 0.396 e. The van der Waals surface area contributed by atoms with Gasteiger partial charge in [0.15, 0.2) is 0 Å². The number of aliphatic hydroxyl groups is 1. The van der Waals surface area contributed by atoms with Crippen LogP contribution in [0.15, 0.2) is 0 Å². The zero-order chi connectivity index (χ0) is 8.81. The molecule has 1 rings (SSSR count). The Balaban J connectivity index is 2.09. The Labute approximate surface area is 75.2 Å². The summed E-state index contributed by atoms with van der Waals surface area (Å²) in [6.45, 7) is 1.23. The van der Waals surface area contributed by atoms with Crippen LogP contribution in [0.3, 0.4) is 0 Å². The molecular formula is C10H21NO. The van der Waals surface area contributed by atoms with Crippen LogP contribution in [0.1, 0.15) is 38.5 Å². The minimum absolute atomic E-state index is 0.358. The van der Waals surface area contributed by atoms with E-state index in [4.69, 9.17) is 10.8 Å². The van der Waals surface area contributed by atoms with E-state index in [9.17, 15) is 0 Å². The molecule has 0 amide bonds. The first-order chi connectivity index (χ1) is 5.86. The van der Waals surface area contributed by atoms with Gasteiger partial charge in [0, 0.05) is 6.61 Å². The first-order valence-corrected chi connectivity index (χ1v) is 5.17. The van der Waals surface area contributed by atoms with Gasteiger partial charge in [-0.2, -0.15) is 0 Å². The van der Waals surface area contributed by atoms with Crippen LogP contribution in [0.25, 0.3) is 0 Å². The van der Waals surface area contributed by atoms with Crippen molar-refractivity contribution in [3.05, 3.63) is 0 Å². The van der Waals surface area contributed by atoms with Crippen molar-refractivity contribution in [3.8, 4) is 0 Å². The van der Waals surface area contributed by atoms with Crippen LogP contribution < -0.4 is 5.73 Å². The number of hydrogen-bond donors (Lipinski definition) is 2. The molecular weight excluding hydrogens is 150 g/mol. The fourth-order valence-corrected chi connectivity index (χ4v) is 2.14. The zero-order valence-corrected chi connectivity index (χ0v) is 7.84. The Morgan fingerprint density at radius 2 is 1.67 bits per heavy atom. The maximum absolute atomic E-state index is 8.68. The van der Waals surface area contributed by atoms with Crippen molar-refractivity contribution in [2.75, 3.05) is 13.2 Å². The molecule has 1 aliphatic rings. The third kappa shape index (κ3) is 3.11. The monoisotopic (exact) mass is 171 g/mol. The minimum atomic E-state index is 0.358. The summed E-state index contributed by atoms with van der Waals surface area (Å²) < 4.78 is 0.